The number of rotatable bonds is 6. The number of nitro groups is 1. The zero-order chi connectivity index (χ0) is 28.4. The Morgan fingerprint density at radius 2 is 1.73 bits per heavy atom. The largest absolute Gasteiger partial charge is 0.446 e. The molecule has 200 valence electrons. The summed E-state index contributed by atoms with van der Waals surface area (Å²) in [5.74, 6) is -1.06. The molecule has 0 aromatic heterocycles. The highest BCUT2D eigenvalue weighted by molar-refractivity contribution is 6.10. The van der Waals surface area contributed by atoms with E-state index in [-0.39, 0.29) is 28.8 Å². The van der Waals surface area contributed by atoms with Gasteiger partial charge in [-0.3, -0.25) is 24.5 Å². The lowest BCUT2D eigenvalue weighted by Crippen LogP contribution is -2.25. The molecule has 0 aliphatic carbocycles. The van der Waals surface area contributed by atoms with Gasteiger partial charge in [0.25, 0.3) is 11.6 Å². The van der Waals surface area contributed by atoms with Crippen LogP contribution in [0.3, 0.4) is 0 Å². The molecule has 40 heavy (non-hydrogen) atoms. The third-order valence-corrected chi connectivity index (χ3v) is 6.10. The molecule has 1 aliphatic rings. The summed E-state index contributed by atoms with van der Waals surface area (Å²) in [5, 5.41) is 20.9. The van der Waals surface area contributed by atoms with Gasteiger partial charge in [0.1, 0.15) is 5.75 Å². The van der Waals surface area contributed by atoms with Gasteiger partial charge in [-0.15, -0.1) is 5.10 Å². The molecular formula is C29H22N4O7. The maximum atomic E-state index is 12.6. The molecule has 1 heterocycles. The van der Waals surface area contributed by atoms with E-state index >= 15 is 0 Å². The summed E-state index contributed by atoms with van der Waals surface area (Å²) in [4.78, 5) is 47.4. The fraction of sp³-hybridized carbons (Fsp3) is 0.103. The van der Waals surface area contributed by atoms with Crippen molar-refractivity contribution in [3.05, 3.63) is 112 Å². The molecule has 1 unspecified atom stereocenters. The first kappa shape index (κ1) is 26.0. The van der Waals surface area contributed by atoms with E-state index in [9.17, 15) is 24.5 Å². The number of fused-ring (bicyclic) bond motifs is 1. The van der Waals surface area contributed by atoms with Crippen LogP contribution < -0.4 is 10.1 Å². The Morgan fingerprint density at radius 3 is 2.42 bits per heavy atom. The predicted molar refractivity (Wildman–Crippen MR) is 146 cm³/mol. The van der Waals surface area contributed by atoms with E-state index in [1.807, 2.05) is 30.3 Å². The molecule has 4 aromatic carbocycles. The Morgan fingerprint density at radius 1 is 0.975 bits per heavy atom. The molecule has 4 aromatic rings. The fourth-order valence-electron chi connectivity index (χ4n) is 4.29. The Hall–Kier alpha value is -5.58. The van der Waals surface area contributed by atoms with Gasteiger partial charge in [-0.25, -0.2) is 0 Å². The molecule has 11 nitrogen and oxygen atoms in total. The number of hydrazone groups is 1. The number of hydrogen-bond donors (Lipinski definition) is 1. The topological polar surface area (TPSA) is 140 Å². The van der Waals surface area contributed by atoms with Gasteiger partial charge in [0, 0.05) is 42.8 Å². The number of anilines is 1. The van der Waals surface area contributed by atoms with Crippen molar-refractivity contribution in [2.75, 3.05) is 5.32 Å². The van der Waals surface area contributed by atoms with Gasteiger partial charge < -0.3 is 14.8 Å². The number of esters is 1. The second kappa shape index (κ2) is 10.7. The Labute approximate surface area is 227 Å². The normalized spacial score (nSPS) is 14.3. The summed E-state index contributed by atoms with van der Waals surface area (Å²) < 4.78 is 11.6. The number of nitro benzene ring substituents is 1. The van der Waals surface area contributed by atoms with Crippen LogP contribution in [-0.2, 0) is 14.3 Å². The van der Waals surface area contributed by atoms with Crippen molar-refractivity contribution < 1.29 is 28.8 Å². The van der Waals surface area contributed by atoms with Crippen LogP contribution in [0.25, 0.3) is 10.8 Å². The van der Waals surface area contributed by atoms with Crippen LogP contribution in [0, 0.1) is 10.1 Å². The minimum Gasteiger partial charge on any atom is -0.446 e. The number of amides is 2. The second-order valence-electron chi connectivity index (χ2n) is 8.88. The van der Waals surface area contributed by atoms with Gasteiger partial charge in [0.05, 0.1) is 10.5 Å². The lowest BCUT2D eigenvalue weighted by molar-refractivity contribution is -0.384. The standard InChI is InChI=1S/C29H22N4O7/c1-17(34)32-29(20-10-13-22(14-11-20)30-27(36)21-7-5-8-23(16-21)33(37)38)40-28(31-32)26-24-9-4-3-6-19(24)12-15-25(26)39-18(2)35/h3-16,29H,1-2H3,(H,30,36). The first-order valence-corrected chi connectivity index (χ1v) is 12.1. The number of non-ortho nitro benzene ring substituents is 1. The third kappa shape index (κ3) is 5.20. The highest BCUT2D eigenvalue weighted by Gasteiger charge is 2.35. The van der Waals surface area contributed by atoms with Gasteiger partial charge in [0.2, 0.25) is 18.0 Å². The van der Waals surface area contributed by atoms with Crippen molar-refractivity contribution in [2.24, 2.45) is 5.10 Å². The van der Waals surface area contributed by atoms with Crippen LogP contribution in [-0.4, -0.2) is 33.6 Å². The van der Waals surface area contributed by atoms with Gasteiger partial charge in [-0.1, -0.05) is 48.5 Å². The van der Waals surface area contributed by atoms with Gasteiger partial charge in [-0.2, -0.15) is 5.01 Å². The monoisotopic (exact) mass is 538 g/mol. The number of nitrogens with zero attached hydrogens (tertiary/aromatic N) is 3. The van der Waals surface area contributed by atoms with E-state index in [0.29, 0.717) is 16.8 Å². The lowest BCUT2D eigenvalue weighted by atomic mass is 10.0. The highest BCUT2D eigenvalue weighted by atomic mass is 16.6. The number of carbonyl (C=O) groups is 3. The Bertz CT molecular complexity index is 1700. The van der Waals surface area contributed by atoms with Gasteiger partial charge in [-0.05, 0) is 35.0 Å². The zero-order valence-electron chi connectivity index (χ0n) is 21.4. The molecule has 0 saturated heterocycles. The maximum absolute atomic E-state index is 12.6. The van der Waals surface area contributed by atoms with Crippen LogP contribution in [0.4, 0.5) is 11.4 Å². The third-order valence-electron chi connectivity index (χ3n) is 6.10. The average Bonchev–Trinajstić information content (AvgIpc) is 3.38. The molecule has 0 saturated carbocycles. The molecule has 0 radical (unpaired) electrons. The van der Waals surface area contributed by atoms with E-state index in [4.69, 9.17) is 9.47 Å². The molecule has 0 fully saturated rings. The first-order valence-electron chi connectivity index (χ1n) is 12.1. The quantitative estimate of drug-likeness (QED) is 0.155. The van der Waals surface area contributed by atoms with Gasteiger partial charge in [0.15, 0.2) is 0 Å². The first-order chi connectivity index (χ1) is 19.2. The van der Waals surface area contributed by atoms with E-state index < -0.39 is 23.0 Å². The number of carbonyl (C=O) groups excluding carboxylic acids is 3. The Kier molecular flexibility index (Phi) is 6.94. The smallest absolute Gasteiger partial charge is 0.308 e. The van der Waals surface area contributed by atoms with Crippen molar-refractivity contribution in [3.63, 3.8) is 0 Å². The number of hydrogen-bond acceptors (Lipinski definition) is 8. The van der Waals surface area contributed by atoms with Crippen LogP contribution in [0.15, 0.2) is 90.0 Å². The summed E-state index contributed by atoms with van der Waals surface area (Å²) in [7, 11) is 0. The molecule has 1 aliphatic heterocycles. The highest BCUT2D eigenvalue weighted by Crippen LogP contribution is 2.36. The van der Waals surface area contributed by atoms with E-state index in [2.05, 4.69) is 10.4 Å². The molecule has 11 heteroatoms. The summed E-state index contributed by atoms with van der Waals surface area (Å²) in [6.07, 6.45) is -0.918. The molecule has 2 amide bonds. The van der Waals surface area contributed by atoms with Crippen molar-refractivity contribution >= 4 is 45.8 Å². The van der Waals surface area contributed by atoms with E-state index in [0.717, 1.165) is 10.8 Å². The summed E-state index contributed by atoms with van der Waals surface area (Å²) in [5.41, 5.74) is 1.38. The van der Waals surface area contributed by atoms with Gasteiger partial charge >= 0.3 is 5.97 Å². The van der Waals surface area contributed by atoms with Crippen LogP contribution in [0.2, 0.25) is 0 Å². The van der Waals surface area contributed by atoms with Crippen molar-refractivity contribution in [2.45, 2.75) is 20.1 Å². The average molecular weight is 539 g/mol. The summed E-state index contributed by atoms with van der Waals surface area (Å²) in [6.45, 7) is 2.65. The van der Waals surface area contributed by atoms with Crippen molar-refractivity contribution in [1.82, 2.24) is 5.01 Å². The lowest BCUT2D eigenvalue weighted by Gasteiger charge is -2.20. The molecule has 1 atom stereocenters. The molecule has 0 spiro atoms. The minimum atomic E-state index is -0.918. The molecular weight excluding hydrogens is 516 g/mol. The van der Waals surface area contributed by atoms with Crippen LogP contribution in [0.1, 0.15) is 41.6 Å². The summed E-state index contributed by atoms with van der Waals surface area (Å²) in [6, 6.07) is 22.9. The minimum absolute atomic E-state index is 0.108. The SMILES string of the molecule is CC(=O)Oc1ccc2ccccc2c1C1=NN(C(C)=O)C(c2ccc(NC(=O)c3cccc([N+](=O)[O-])c3)cc2)O1. The zero-order valence-corrected chi connectivity index (χ0v) is 21.4. The molecule has 0 bridgehead atoms. The maximum Gasteiger partial charge on any atom is 0.308 e. The summed E-state index contributed by atoms with van der Waals surface area (Å²) >= 11 is 0. The fourth-order valence-corrected chi connectivity index (χ4v) is 4.29. The molecule has 5 rings (SSSR count). The second-order valence-corrected chi connectivity index (χ2v) is 8.88. The van der Waals surface area contributed by atoms with Crippen molar-refractivity contribution in [3.8, 4) is 5.75 Å². The number of ether oxygens (including phenoxy) is 2. The number of nitrogens with one attached hydrogen (secondary N) is 1. The Balaban J connectivity index is 1.42. The van der Waals surface area contributed by atoms with Crippen LogP contribution >= 0.6 is 0 Å². The number of benzene rings is 4. The van der Waals surface area contributed by atoms with Crippen LogP contribution in [0.5, 0.6) is 5.75 Å². The van der Waals surface area contributed by atoms with E-state index in [1.165, 1.54) is 43.1 Å². The van der Waals surface area contributed by atoms with Crippen molar-refractivity contribution in [1.29, 1.82) is 0 Å². The molecule has 1 N–H and O–H groups in total. The van der Waals surface area contributed by atoms with E-state index in [1.54, 1.807) is 30.3 Å². The predicted octanol–water partition coefficient (Wildman–Crippen LogP) is 5.16.